The Bertz CT molecular complexity index is 530. The summed E-state index contributed by atoms with van der Waals surface area (Å²) in [7, 11) is 0. The minimum atomic E-state index is -0.789. The molecule has 2 aliphatic rings. The minimum Gasteiger partial charge on any atom is -0.481 e. The number of rotatable bonds is 1. The molecule has 1 atom stereocenters. The van der Waals surface area contributed by atoms with Crippen molar-refractivity contribution in [3.8, 4) is 0 Å². The van der Waals surface area contributed by atoms with E-state index in [4.69, 9.17) is 0 Å². The first-order chi connectivity index (χ1) is 7.72. The fourth-order valence-corrected chi connectivity index (χ4v) is 2.59. The van der Waals surface area contributed by atoms with Gasteiger partial charge in [-0.15, -0.1) is 0 Å². The first-order valence-electron chi connectivity index (χ1n) is 5.28. The fraction of sp³-hybridized carbons (Fsp3) is 0.231. The highest BCUT2D eigenvalue weighted by atomic mass is 16.4. The van der Waals surface area contributed by atoms with Gasteiger partial charge in [-0.3, -0.25) is 9.78 Å². The average molecular weight is 213 g/mol. The molecule has 0 saturated carbocycles. The van der Waals surface area contributed by atoms with Gasteiger partial charge in [0, 0.05) is 6.20 Å². The molecule has 0 fully saturated rings. The Labute approximate surface area is 93.1 Å². The molecule has 1 aromatic rings. The summed E-state index contributed by atoms with van der Waals surface area (Å²) >= 11 is 0. The van der Waals surface area contributed by atoms with Crippen molar-refractivity contribution in [1.29, 1.82) is 0 Å². The summed E-state index contributed by atoms with van der Waals surface area (Å²) in [5.74, 6) is -0.753. The van der Waals surface area contributed by atoms with Crippen molar-refractivity contribution in [3.05, 3.63) is 47.3 Å². The molecule has 3 nitrogen and oxygen atoms in total. The SMILES string of the molecule is O=C(O)C12CC=CC(=Cc3ncccc31)C2. The third-order valence-corrected chi connectivity index (χ3v) is 3.39. The monoisotopic (exact) mass is 213 g/mol. The van der Waals surface area contributed by atoms with E-state index in [9.17, 15) is 9.90 Å². The number of pyridine rings is 1. The van der Waals surface area contributed by atoms with E-state index >= 15 is 0 Å². The summed E-state index contributed by atoms with van der Waals surface area (Å²) in [6.07, 6.45) is 8.76. The number of allylic oxidation sites excluding steroid dienone is 3. The van der Waals surface area contributed by atoms with Gasteiger partial charge in [0.15, 0.2) is 0 Å². The highest BCUT2D eigenvalue weighted by molar-refractivity contribution is 5.86. The van der Waals surface area contributed by atoms with Gasteiger partial charge in [-0.2, -0.15) is 0 Å². The number of hydrogen-bond donors (Lipinski definition) is 1. The van der Waals surface area contributed by atoms with Gasteiger partial charge >= 0.3 is 5.97 Å². The lowest BCUT2D eigenvalue weighted by Crippen LogP contribution is -2.39. The number of carboxylic acid groups (broad SMARTS) is 1. The predicted octanol–water partition coefficient (Wildman–Crippen LogP) is 2.15. The van der Waals surface area contributed by atoms with Crippen LogP contribution in [0.4, 0.5) is 0 Å². The molecule has 2 bridgehead atoms. The third-order valence-electron chi connectivity index (χ3n) is 3.39. The van der Waals surface area contributed by atoms with Crippen molar-refractivity contribution in [1.82, 2.24) is 4.98 Å². The quantitative estimate of drug-likeness (QED) is 0.777. The zero-order chi connectivity index (χ0) is 11.2. The summed E-state index contributed by atoms with van der Waals surface area (Å²) in [5, 5.41) is 9.50. The molecule has 0 aliphatic heterocycles. The van der Waals surface area contributed by atoms with Crippen LogP contribution in [0.3, 0.4) is 0 Å². The molecule has 3 heteroatoms. The summed E-state index contributed by atoms with van der Waals surface area (Å²) < 4.78 is 0. The molecule has 1 unspecified atom stereocenters. The number of carbonyl (C=O) groups is 1. The molecular formula is C13H11NO2. The highest BCUT2D eigenvalue weighted by Crippen LogP contribution is 2.44. The van der Waals surface area contributed by atoms with Gasteiger partial charge in [-0.1, -0.05) is 18.2 Å². The van der Waals surface area contributed by atoms with Gasteiger partial charge < -0.3 is 5.11 Å². The molecule has 1 heterocycles. The van der Waals surface area contributed by atoms with Crippen LogP contribution in [0, 0.1) is 0 Å². The van der Waals surface area contributed by atoms with Gasteiger partial charge in [0.2, 0.25) is 0 Å². The van der Waals surface area contributed by atoms with Gasteiger partial charge in [0.1, 0.15) is 5.41 Å². The fourth-order valence-electron chi connectivity index (χ4n) is 2.59. The van der Waals surface area contributed by atoms with Crippen LogP contribution in [0.2, 0.25) is 0 Å². The Balaban J connectivity index is 2.30. The van der Waals surface area contributed by atoms with Crippen molar-refractivity contribution >= 4 is 12.0 Å². The van der Waals surface area contributed by atoms with Crippen LogP contribution in [0.15, 0.2) is 36.1 Å². The van der Waals surface area contributed by atoms with E-state index in [1.165, 1.54) is 0 Å². The molecule has 0 amide bonds. The van der Waals surface area contributed by atoms with Gasteiger partial charge in [0.25, 0.3) is 0 Å². The molecule has 80 valence electrons. The number of hydrogen-bond acceptors (Lipinski definition) is 2. The number of aliphatic carboxylic acids is 1. The van der Waals surface area contributed by atoms with Crippen LogP contribution in [0.5, 0.6) is 0 Å². The van der Waals surface area contributed by atoms with Crippen molar-refractivity contribution in [3.63, 3.8) is 0 Å². The molecule has 0 radical (unpaired) electrons. The smallest absolute Gasteiger partial charge is 0.314 e. The zero-order valence-corrected chi connectivity index (χ0v) is 8.68. The summed E-state index contributed by atoms with van der Waals surface area (Å²) in [6, 6.07) is 3.68. The maximum absolute atomic E-state index is 11.6. The Morgan fingerprint density at radius 2 is 2.38 bits per heavy atom. The van der Waals surface area contributed by atoms with Gasteiger partial charge in [0.05, 0.1) is 5.69 Å². The number of nitrogens with zero attached hydrogens (tertiary/aromatic N) is 1. The second-order valence-electron chi connectivity index (χ2n) is 4.33. The molecule has 3 rings (SSSR count). The van der Waals surface area contributed by atoms with E-state index in [1.807, 2.05) is 24.3 Å². The highest BCUT2D eigenvalue weighted by Gasteiger charge is 2.44. The van der Waals surface area contributed by atoms with E-state index in [2.05, 4.69) is 4.98 Å². The third kappa shape index (κ3) is 1.08. The van der Waals surface area contributed by atoms with E-state index in [0.717, 1.165) is 16.8 Å². The Morgan fingerprint density at radius 3 is 3.19 bits per heavy atom. The molecule has 0 saturated heterocycles. The van der Waals surface area contributed by atoms with Crippen LogP contribution in [-0.4, -0.2) is 16.1 Å². The average Bonchev–Trinajstić information content (AvgIpc) is 2.29. The second kappa shape index (κ2) is 3.04. The van der Waals surface area contributed by atoms with Crippen LogP contribution in [0.1, 0.15) is 24.1 Å². The van der Waals surface area contributed by atoms with Crippen molar-refractivity contribution in [2.24, 2.45) is 0 Å². The normalized spacial score (nSPS) is 25.9. The predicted molar refractivity (Wildman–Crippen MR) is 59.9 cm³/mol. The number of aromatic nitrogens is 1. The van der Waals surface area contributed by atoms with Crippen molar-refractivity contribution < 1.29 is 9.90 Å². The van der Waals surface area contributed by atoms with E-state index < -0.39 is 11.4 Å². The molecule has 16 heavy (non-hydrogen) atoms. The second-order valence-corrected chi connectivity index (χ2v) is 4.33. The standard InChI is InChI=1S/C13H11NO2/c15-12(16)13-5-1-3-9(8-13)7-11-10(13)4-2-6-14-11/h1-4,6-7H,5,8H2,(H,15,16). The number of fused-ring (bicyclic) bond motifs is 4. The molecule has 2 aliphatic carbocycles. The van der Waals surface area contributed by atoms with Crippen LogP contribution >= 0.6 is 0 Å². The number of carboxylic acids is 1. The van der Waals surface area contributed by atoms with E-state index in [-0.39, 0.29) is 0 Å². The summed E-state index contributed by atoms with van der Waals surface area (Å²) in [4.78, 5) is 15.8. The van der Waals surface area contributed by atoms with Crippen LogP contribution in [0.25, 0.3) is 6.08 Å². The summed E-state index contributed by atoms with van der Waals surface area (Å²) in [5.41, 5.74) is 1.91. The van der Waals surface area contributed by atoms with Gasteiger partial charge in [-0.05, 0) is 36.1 Å². The lowest BCUT2D eigenvalue weighted by atomic mass is 9.67. The first kappa shape index (κ1) is 9.33. The molecule has 0 aromatic carbocycles. The Kier molecular flexibility index (Phi) is 1.78. The van der Waals surface area contributed by atoms with E-state index in [0.29, 0.717) is 12.8 Å². The lowest BCUT2D eigenvalue weighted by Gasteiger charge is -2.35. The lowest BCUT2D eigenvalue weighted by molar-refractivity contribution is -0.144. The topological polar surface area (TPSA) is 50.2 Å². The van der Waals surface area contributed by atoms with E-state index in [1.54, 1.807) is 12.3 Å². The van der Waals surface area contributed by atoms with Crippen molar-refractivity contribution in [2.75, 3.05) is 0 Å². The molecule has 1 N–H and O–H groups in total. The zero-order valence-electron chi connectivity index (χ0n) is 8.68. The van der Waals surface area contributed by atoms with Crippen LogP contribution < -0.4 is 0 Å². The van der Waals surface area contributed by atoms with Gasteiger partial charge in [-0.25, -0.2) is 0 Å². The molecule has 0 spiro atoms. The maximum atomic E-state index is 11.6. The minimum absolute atomic E-state index is 0.554. The molecular weight excluding hydrogens is 202 g/mol. The maximum Gasteiger partial charge on any atom is 0.314 e. The largest absolute Gasteiger partial charge is 0.481 e. The van der Waals surface area contributed by atoms with Crippen LogP contribution in [-0.2, 0) is 10.2 Å². The Hall–Kier alpha value is -1.90. The summed E-state index contributed by atoms with van der Waals surface area (Å²) in [6.45, 7) is 0. The van der Waals surface area contributed by atoms with Crippen molar-refractivity contribution in [2.45, 2.75) is 18.3 Å². The Morgan fingerprint density at radius 1 is 1.50 bits per heavy atom. The first-order valence-corrected chi connectivity index (χ1v) is 5.28. The molecule has 1 aromatic heterocycles.